The van der Waals surface area contributed by atoms with Gasteiger partial charge in [-0.3, -0.25) is 0 Å². The maximum absolute atomic E-state index is 9.38. The van der Waals surface area contributed by atoms with Crippen LogP contribution >= 0.6 is 0 Å². The lowest BCUT2D eigenvalue weighted by atomic mass is 10.00. The molecule has 1 nitrogen and oxygen atoms in total. The van der Waals surface area contributed by atoms with E-state index in [9.17, 15) is 5.11 Å². The molecular formula is C11H14O. The number of aromatic hydroxyl groups is 1. The molecule has 1 N–H and O–H groups in total. The second-order valence-corrected chi connectivity index (χ2v) is 3.23. The van der Waals surface area contributed by atoms with Crippen LogP contribution in [0.1, 0.15) is 23.6 Å². The summed E-state index contributed by atoms with van der Waals surface area (Å²) < 4.78 is 0. The van der Waals surface area contributed by atoms with Gasteiger partial charge in [-0.05, 0) is 49.6 Å². The predicted molar refractivity (Wildman–Crippen MR) is 52.3 cm³/mol. The average molecular weight is 162 g/mol. The number of phenolic OH excluding ortho intramolecular Hbond substituents is 1. The second kappa shape index (κ2) is 3.02. The molecule has 0 aliphatic rings. The molecule has 1 rings (SSSR count). The van der Waals surface area contributed by atoms with Crippen LogP contribution in [-0.4, -0.2) is 5.11 Å². The minimum Gasteiger partial charge on any atom is -0.508 e. The highest BCUT2D eigenvalue weighted by molar-refractivity contribution is 5.66. The van der Waals surface area contributed by atoms with Gasteiger partial charge in [0.15, 0.2) is 0 Å². The molecule has 64 valence electrons. The molecule has 0 radical (unpaired) electrons. The third kappa shape index (κ3) is 1.50. The van der Waals surface area contributed by atoms with Crippen LogP contribution in [0.5, 0.6) is 5.75 Å². The first-order chi connectivity index (χ1) is 5.52. The van der Waals surface area contributed by atoms with E-state index in [-0.39, 0.29) is 0 Å². The van der Waals surface area contributed by atoms with E-state index < -0.39 is 0 Å². The van der Waals surface area contributed by atoms with Gasteiger partial charge in [-0.1, -0.05) is 12.2 Å². The zero-order valence-corrected chi connectivity index (χ0v) is 7.81. The highest BCUT2D eigenvalue weighted by Crippen LogP contribution is 2.25. The van der Waals surface area contributed by atoms with Crippen molar-refractivity contribution >= 4 is 5.57 Å². The Morgan fingerprint density at radius 3 is 2.33 bits per heavy atom. The van der Waals surface area contributed by atoms with Crippen molar-refractivity contribution in [1.29, 1.82) is 0 Å². The molecule has 1 heteroatoms. The van der Waals surface area contributed by atoms with Crippen molar-refractivity contribution in [2.75, 3.05) is 0 Å². The van der Waals surface area contributed by atoms with Crippen LogP contribution in [0, 0.1) is 13.8 Å². The van der Waals surface area contributed by atoms with Gasteiger partial charge in [-0.25, -0.2) is 0 Å². The summed E-state index contributed by atoms with van der Waals surface area (Å²) in [5.41, 5.74) is 4.14. The van der Waals surface area contributed by atoms with Crippen molar-refractivity contribution < 1.29 is 5.11 Å². The molecule has 0 bridgehead atoms. The van der Waals surface area contributed by atoms with Crippen molar-refractivity contribution in [3.63, 3.8) is 0 Å². The molecule has 0 aromatic heterocycles. The molecule has 0 aliphatic carbocycles. The lowest BCUT2D eigenvalue weighted by molar-refractivity contribution is 0.470. The van der Waals surface area contributed by atoms with Gasteiger partial charge < -0.3 is 5.11 Å². The number of allylic oxidation sites excluding steroid dienone is 1. The van der Waals surface area contributed by atoms with Crippen molar-refractivity contribution in [2.24, 2.45) is 0 Å². The Labute approximate surface area is 73.4 Å². The number of hydrogen-bond acceptors (Lipinski definition) is 1. The summed E-state index contributed by atoms with van der Waals surface area (Å²) >= 11 is 0. The first kappa shape index (κ1) is 8.85. The van der Waals surface area contributed by atoms with E-state index in [1.165, 1.54) is 0 Å². The molecule has 1 aromatic rings. The number of rotatable bonds is 1. The lowest BCUT2D eigenvalue weighted by Gasteiger charge is -2.07. The fourth-order valence-electron chi connectivity index (χ4n) is 1.26. The molecule has 0 atom stereocenters. The monoisotopic (exact) mass is 162 g/mol. The van der Waals surface area contributed by atoms with Gasteiger partial charge in [0, 0.05) is 0 Å². The molecule has 0 heterocycles. The van der Waals surface area contributed by atoms with Crippen LogP contribution < -0.4 is 0 Å². The Morgan fingerprint density at radius 1 is 1.25 bits per heavy atom. The Kier molecular flexibility index (Phi) is 2.22. The fraction of sp³-hybridized carbons (Fsp3) is 0.273. The highest BCUT2D eigenvalue weighted by Gasteiger charge is 2.02. The van der Waals surface area contributed by atoms with Gasteiger partial charge in [-0.2, -0.15) is 0 Å². The van der Waals surface area contributed by atoms with Crippen LogP contribution in [0.3, 0.4) is 0 Å². The van der Waals surface area contributed by atoms with Gasteiger partial charge in [0.05, 0.1) is 0 Å². The smallest absolute Gasteiger partial charge is 0.118 e. The molecule has 12 heavy (non-hydrogen) atoms. The van der Waals surface area contributed by atoms with E-state index in [0.29, 0.717) is 5.75 Å². The summed E-state index contributed by atoms with van der Waals surface area (Å²) in [7, 11) is 0. The highest BCUT2D eigenvalue weighted by atomic mass is 16.3. The molecule has 0 amide bonds. The Morgan fingerprint density at radius 2 is 1.83 bits per heavy atom. The predicted octanol–water partition coefficient (Wildman–Crippen LogP) is 3.04. The standard InChI is InChI=1S/C11H14O/c1-7(2)10-5-9(4)11(12)6-8(10)3/h5-6,12H,1H2,2-4H3. The van der Waals surface area contributed by atoms with Crippen molar-refractivity contribution in [3.05, 3.63) is 35.4 Å². The molecule has 0 saturated carbocycles. The SMILES string of the molecule is C=C(C)c1cc(C)c(O)cc1C. The molecule has 0 spiro atoms. The molecular weight excluding hydrogens is 148 g/mol. The number of aryl methyl sites for hydroxylation is 2. The molecule has 0 saturated heterocycles. The van der Waals surface area contributed by atoms with Crippen molar-refractivity contribution in [3.8, 4) is 5.75 Å². The fourth-order valence-corrected chi connectivity index (χ4v) is 1.26. The van der Waals surface area contributed by atoms with E-state index in [2.05, 4.69) is 6.58 Å². The van der Waals surface area contributed by atoms with E-state index in [0.717, 1.165) is 22.3 Å². The van der Waals surface area contributed by atoms with Crippen LogP contribution in [0.15, 0.2) is 18.7 Å². The van der Waals surface area contributed by atoms with Gasteiger partial charge in [-0.15, -0.1) is 0 Å². The topological polar surface area (TPSA) is 20.2 Å². The summed E-state index contributed by atoms with van der Waals surface area (Å²) in [6, 6.07) is 3.74. The average Bonchev–Trinajstić information content (AvgIpc) is 1.96. The first-order valence-electron chi connectivity index (χ1n) is 3.98. The van der Waals surface area contributed by atoms with E-state index >= 15 is 0 Å². The van der Waals surface area contributed by atoms with Gasteiger partial charge in [0.1, 0.15) is 5.75 Å². The van der Waals surface area contributed by atoms with Crippen LogP contribution in [0.4, 0.5) is 0 Å². The minimum atomic E-state index is 0.359. The van der Waals surface area contributed by atoms with Crippen LogP contribution in [0.2, 0.25) is 0 Å². The second-order valence-electron chi connectivity index (χ2n) is 3.23. The Hall–Kier alpha value is -1.24. The van der Waals surface area contributed by atoms with Crippen molar-refractivity contribution in [1.82, 2.24) is 0 Å². The van der Waals surface area contributed by atoms with Gasteiger partial charge >= 0.3 is 0 Å². The quantitative estimate of drug-likeness (QED) is 0.673. The number of phenols is 1. The number of benzene rings is 1. The summed E-state index contributed by atoms with van der Waals surface area (Å²) in [4.78, 5) is 0. The Balaban J connectivity index is 3.33. The van der Waals surface area contributed by atoms with Crippen LogP contribution in [-0.2, 0) is 0 Å². The van der Waals surface area contributed by atoms with E-state index in [1.54, 1.807) is 6.07 Å². The maximum atomic E-state index is 9.38. The van der Waals surface area contributed by atoms with E-state index in [4.69, 9.17) is 0 Å². The summed E-state index contributed by atoms with van der Waals surface area (Å²) in [6.45, 7) is 9.71. The first-order valence-corrected chi connectivity index (χ1v) is 3.98. The zero-order valence-electron chi connectivity index (χ0n) is 7.81. The third-order valence-corrected chi connectivity index (χ3v) is 2.00. The van der Waals surface area contributed by atoms with E-state index in [1.807, 2.05) is 26.8 Å². The molecule has 1 aromatic carbocycles. The molecule has 0 unspecified atom stereocenters. The zero-order chi connectivity index (χ0) is 9.30. The maximum Gasteiger partial charge on any atom is 0.118 e. The normalized spacial score (nSPS) is 9.92. The summed E-state index contributed by atoms with van der Waals surface area (Å²) in [6.07, 6.45) is 0. The van der Waals surface area contributed by atoms with Crippen LogP contribution in [0.25, 0.3) is 5.57 Å². The molecule has 0 aliphatic heterocycles. The summed E-state index contributed by atoms with van der Waals surface area (Å²) in [5, 5.41) is 9.38. The lowest BCUT2D eigenvalue weighted by Crippen LogP contribution is -1.86. The summed E-state index contributed by atoms with van der Waals surface area (Å²) in [5.74, 6) is 0.359. The van der Waals surface area contributed by atoms with Crippen molar-refractivity contribution in [2.45, 2.75) is 20.8 Å². The Bertz CT molecular complexity index is 324. The minimum absolute atomic E-state index is 0.359. The number of hydrogen-bond donors (Lipinski definition) is 1. The van der Waals surface area contributed by atoms with Gasteiger partial charge in [0.25, 0.3) is 0 Å². The third-order valence-electron chi connectivity index (χ3n) is 2.00. The largest absolute Gasteiger partial charge is 0.508 e. The molecule has 0 fully saturated rings. The van der Waals surface area contributed by atoms with Gasteiger partial charge in [0.2, 0.25) is 0 Å².